The van der Waals surface area contributed by atoms with E-state index >= 15 is 0 Å². The summed E-state index contributed by atoms with van der Waals surface area (Å²) in [6.07, 6.45) is -4.01. The van der Waals surface area contributed by atoms with E-state index < -0.39 is 33.7 Å². The van der Waals surface area contributed by atoms with Crippen LogP contribution in [-0.2, 0) is 27.5 Å². The molecule has 1 fully saturated rings. The van der Waals surface area contributed by atoms with Gasteiger partial charge in [-0.25, -0.2) is 13.4 Å². The van der Waals surface area contributed by atoms with Crippen LogP contribution >= 0.6 is 34.3 Å². The smallest absolute Gasteiger partial charge is 0.348 e. The monoisotopic (exact) mass is 521 g/mol. The summed E-state index contributed by atoms with van der Waals surface area (Å²) in [6.45, 7) is 0.324. The molecule has 6 nitrogen and oxygen atoms in total. The quantitative estimate of drug-likeness (QED) is 0.513. The molecule has 0 aliphatic carbocycles. The number of thiazole rings is 1. The molecule has 170 valence electrons. The number of sulfonamides is 1. The van der Waals surface area contributed by atoms with Crippen molar-refractivity contribution in [3.63, 3.8) is 0 Å². The van der Waals surface area contributed by atoms with E-state index in [0.717, 1.165) is 27.8 Å². The van der Waals surface area contributed by atoms with Crippen LogP contribution in [0.3, 0.4) is 0 Å². The van der Waals surface area contributed by atoms with Crippen LogP contribution in [0.15, 0.2) is 46.0 Å². The minimum atomic E-state index is -4.41. The third kappa shape index (κ3) is 4.69. The molecule has 1 N–H and O–H groups in total. The molecule has 0 unspecified atom stereocenters. The van der Waals surface area contributed by atoms with Crippen molar-refractivity contribution in [3.05, 3.63) is 56.7 Å². The lowest BCUT2D eigenvalue weighted by Crippen LogP contribution is -2.57. The molecule has 0 spiro atoms. The van der Waals surface area contributed by atoms with Gasteiger partial charge in [-0.3, -0.25) is 4.79 Å². The average molecular weight is 522 g/mol. The number of alkyl halides is 3. The summed E-state index contributed by atoms with van der Waals surface area (Å²) < 4.78 is 65.0. The number of hydrogen-bond donors (Lipinski definition) is 1. The zero-order valence-electron chi connectivity index (χ0n) is 16.1. The molecule has 4 rings (SSSR count). The van der Waals surface area contributed by atoms with Crippen molar-refractivity contribution in [3.8, 4) is 11.3 Å². The summed E-state index contributed by atoms with van der Waals surface area (Å²) in [4.78, 5) is 16.9. The summed E-state index contributed by atoms with van der Waals surface area (Å²) in [7, 11) is -3.79. The van der Waals surface area contributed by atoms with Crippen molar-refractivity contribution in [2.45, 2.75) is 29.4 Å². The number of nitrogens with zero attached hydrogens (tertiary/aromatic N) is 2. The first-order chi connectivity index (χ1) is 15.1. The van der Waals surface area contributed by atoms with Gasteiger partial charge in [-0.2, -0.15) is 17.5 Å². The second-order valence-corrected chi connectivity index (χ2v) is 11.7. The van der Waals surface area contributed by atoms with Gasteiger partial charge in [0.25, 0.3) is 10.0 Å². The summed E-state index contributed by atoms with van der Waals surface area (Å²) >= 11 is 8.00. The van der Waals surface area contributed by atoms with E-state index in [2.05, 4.69) is 10.3 Å². The molecule has 1 aromatic carbocycles. The maximum atomic E-state index is 12.7. The number of carbonyl (C=O) groups is 1. The van der Waals surface area contributed by atoms with Gasteiger partial charge in [0.15, 0.2) is 0 Å². The van der Waals surface area contributed by atoms with Gasteiger partial charge in [0.1, 0.15) is 15.3 Å². The van der Waals surface area contributed by atoms with Crippen molar-refractivity contribution >= 4 is 50.2 Å². The molecule has 1 aliphatic rings. The van der Waals surface area contributed by atoms with Gasteiger partial charge >= 0.3 is 6.18 Å². The SMILES string of the molecule is O=C(NCc1nc(-c2ccc(C(F)(F)F)cc2)cs1)[C@@H]1CCN1S(=O)(=O)c1ccc(Cl)s1. The molecule has 0 radical (unpaired) electrons. The molecule has 3 heterocycles. The standard InChI is InChI=1S/C19H15ClF3N3O3S3/c20-15-5-6-17(31-15)32(28,29)26-8-7-14(26)18(27)24-9-16-25-13(10-30-16)11-1-3-12(4-2-11)19(21,22)23/h1-6,10,14H,7-9H2,(H,24,27)/t14-/m0/s1. The Balaban J connectivity index is 1.37. The fraction of sp³-hybridized carbons (Fsp3) is 0.263. The Morgan fingerprint density at radius 2 is 1.94 bits per heavy atom. The first kappa shape index (κ1) is 23.2. The molecule has 1 aliphatic heterocycles. The Hall–Kier alpha value is -1.99. The Morgan fingerprint density at radius 3 is 2.50 bits per heavy atom. The minimum Gasteiger partial charge on any atom is -0.348 e. The highest BCUT2D eigenvalue weighted by atomic mass is 35.5. The molecule has 1 amide bonds. The number of halogens is 4. The lowest BCUT2D eigenvalue weighted by Gasteiger charge is -2.37. The van der Waals surface area contributed by atoms with E-state index in [9.17, 15) is 26.4 Å². The molecule has 2 aromatic heterocycles. The van der Waals surface area contributed by atoms with Gasteiger partial charge < -0.3 is 5.32 Å². The third-order valence-electron chi connectivity index (χ3n) is 4.86. The van der Waals surface area contributed by atoms with Crippen molar-refractivity contribution < 1.29 is 26.4 Å². The second-order valence-electron chi connectivity index (χ2n) is 6.90. The molecule has 1 saturated heterocycles. The van der Waals surface area contributed by atoms with Crippen molar-refractivity contribution in [1.29, 1.82) is 0 Å². The van der Waals surface area contributed by atoms with E-state index in [1.54, 1.807) is 5.38 Å². The molecule has 0 bridgehead atoms. The molecule has 32 heavy (non-hydrogen) atoms. The molecule has 0 saturated carbocycles. The van der Waals surface area contributed by atoms with Gasteiger partial charge in [0.05, 0.1) is 22.1 Å². The number of hydrogen-bond acceptors (Lipinski definition) is 6. The minimum absolute atomic E-state index is 0.0827. The zero-order valence-corrected chi connectivity index (χ0v) is 19.3. The van der Waals surface area contributed by atoms with E-state index in [1.807, 2.05) is 0 Å². The average Bonchev–Trinajstić information content (AvgIpc) is 3.34. The molecule has 13 heteroatoms. The highest BCUT2D eigenvalue weighted by molar-refractivity contribution is 7.91. The predicted molar refractivity (Wildman–Crippen MR) is 116 cm³/mol. The van der Waals surface area contributed by atoms with Crippen LogP contribution in [0.2, 0.25) is 4.34 Å². The summed E-state index contributed by atoms with van der Waals surface area (Å²) in [5, 5.41) is 4.92. The number of aromatic nitrogens is 1. The molecular weight excluding hydrogens is 507 g/mol. The lowest BCUT2D eigenvalue weighted by atomic mass is 10.1. The van der Waals surface area contributed by atoms with Crippen LogP contribution in [0.5, 0.6) is 0 Å². The summed E-state index contributed by atoms with van der Waals surface area (Å²) in [6, 6.07) is 6.75. The van der Waals surface area contributed by atoms with Crippen LogP contribution in [0.25, 0.3) is 11.3 Å². The highest BCUT2D eigenvalue weighted by Gasteiger charge is 2.43. The number of nitrogens with one attached hydrogen (secondary N) is 1. The van der Waals surface area contributed by atoms with Gasteiger partial charge in [0, 0.05) is 17.5 Å². The number of benzene rings is 1. The number of amides is 1. The number of carbonyl (C=O) groups excluding carboxylic acids is 1. The Morgan fingerprint density at radius 1 is 1.22 bits per heavy atom. The van der Waals surface area contributed by atoms with Crippen molar-refractivity contribution in [2.24, 2.45) is 0 Å². The molecular formula is C19H15ClF3N3O3S3. The van der Waals surface area contributed by atoms with E-state index in [1.165, 1.54) is 35.6 Å². The normalized spacial score (nSPS) is 17.2. The number of rotatable bonds is 6. The Kier molecular flexibility index (Phi) is 6.34. The maximum absolute atomic E-state index is 12.7. The van der Waals surface area contributed by atoms with Gasteiger partial charge in [-0.15, -0.1) is 22.7 Å². The summed E-state index contributed by atoms with van der Waals surface area (Å²) in [5.74, 6) is -0.436. The second kappa shape index (κ2) is 8.75. The van der Waals surface area contributed by atoms with Gasteiger partial charge in [-0.1, -0.05) is 23.7 Å². The fourth-order valence-corrected chi connectivity index (χ4v) is 7.09. The zero-order chi connectivity index (χ0) is 23.1. The lowest BCUT2D eigenvalue weighted by molar-refractivity contribution is -0.137. The predicted octanol–water partition coefficient (Wildman–Crippen LogP) is 4.62. The molecule has 3 aromatic rings. The van der Waals surface area contributed by atoms with Crippen molar-refractivity contribution in [1.82, 2.24) is 14.6 Å². The van der Waals surface area contributed by atoms with E-state index in [0.29, 0.717) is 27.0 Å². The fourth-order valence-electron chi connectivity index (χ4n) is 3.10. The first-order valence-corrected chi connectivity index (χ1v) is 12.7. The third-order valence-corrected chi connectivity index (χ3v) is 9.31. The Labute approximate surface area is 194 Å². The van der Waals surface area contributed by atoms with Crippen LogP contribution in [-0.4, -0.2) is 36.2 Å². The molecule has 1 atom stereocenters. The van der Waals surface area contributed by atoms with Crippen LogP contribution in [0, 0.1) is 0 Å². The van der Waals surface area contributed by atoms with Gasteiger partial charge in [-0.05, 0) is 30.7 Å². The maximum Gasteiger partial charge on any atom is 0.416 e. The largest absolute Gasteiger partial charge is 0.416 e. The van der Waals surface area contributed by atoms with Gasteiger partial charge in [0.2, 0.25) is 5.91 Å². The van der Waals surface area contributed by atoms with E-state index in [4.69, 9.17) is 11.6 Å². The van der Waals surface area contributed by atoms with Crippen LogP contribution in [0.4, 0.5) is 13.2 Å². The highest BCUT2D eigenvalue weighted by Crippen LogP contribution is 2.33. The van der Waals surface area contributed by atoms with Crippen molar-refractivity contribution in [2.75, 3.05) is 6.54 Å². The summed E-state index contributed by atoms with van der Waals surface area (Å²) in [5.41, 5.74) is 0.280. The number of thiophene rings is 1. The topological polar surface area (TPSA) is 79.4 Å². The first-order valence-electron chi connectivity index (χ1n) is 9.22. The van der Waals surface area contributed by atoms with Crippen LogP contribution < -0.4 is 5.32 Å². The Bertz CT molecular complexity index is 1240. The van der Waals surface area contributed by atoms with E-state index in [-0.39, 0.29) is 17.3 Å². The van der Waals surface area contributed by atoms with Crippen LogP contribution in [0.1, 0.15) is 17.0 Å².